The van der Waals surface area contributed by atoms with E-state index in [1.54, 1.807) is 0 Å². The van der Waals surface area contributed by atoms with E-state index in [4.69, 9.17) is 0 Å². The summed E-state index contributed by atoms with van der Waals surface area (Å²) in [6.07, 6.45) is 4.28. The summed E-state index contributed by atoms with van der Waals surface area (Å²) in [7, 11) is 2.19. The minimum atomic E-state index is 0. The second kappa shape index (κ2) is 4.44. The molecule has 1 rings (SSSR count). The SMILES string of the molecule is CN1CCCCC1.[H-].[Li+]. The van der Waals surface area contributed by atoms with Crippen molar-refractivity contribution < 1.29 is 20.3 Å². The number of hydrogen-bond donors (Lipinski definition) is 0. The van der Waals surface area contributed by atoms with E-state index in [0.29, 0.717) is 0 Å². The molecule has 1 fully saturated rings. The van der Waals surface area contributed by atoms with Crippen LogP contribution in [0.5, 0.6) is 0 Å². The molecule has 0 atom stereocenters. The Morgan fingerprint density at radius 1 is 1.12 bits per heavy atom. The summed E-state index contributed by atoms with van der Waals surface area (Å²) < 4.78 is 0. The second-order valence-corrected chi connectivity index (χ2v) is 2.36. The molecule has 0 spiro atoms. The minimum Gasteiger partial charge on any atom is -1.00 e. The van der Waals surface area contributed by atoms with Gasteiger partial charge < -0.3 is 6.33 Å². The summed E-state index contributed by atoms with van der Waals surface area (Å²) in [6, 6.07) is 0. The van der Waals surface area contributed by atoms with Gasteiger partial charge in [-0.25, -0.2) is 0 Å². The summed E-state index contributed by atoms with van der Waals surface area (Å²) in [5, 5.41) is 0. The Balaban J connectivity index is 0. The molecule has 0 aromatic rings. The number of hydrogen-bond acceptors (Lipinski definition) is 1. The van der Waals surface area contributed by atoms with Crippen LogP contribution in [0.2, 0.25) is 0 Å². The van der Waals surface area contributed by atoms with Crippen LogP contribution in [0.15, 0.2) is 0 Å². The molecular weight excluding hydrogens is 93.0 g/mol. The van der Waals surface area contributed by atoms with Gasteiger partial charge in [-0.3, -0.25) is 0 Å². The van der Waals surface area contributed by atoms with Gasteiger partial charge in [0.1, 0.15) is 0 Å². The van der Waals surface area contributed by atoms with Crippen LogP contribution >= 0.6 is 0 Å². The molecule has 44 valence electrons. The predicted molar refractivity (Wildman–Crippen MR) is 32.5 cm³/mol. The molecular formula is C6H14LiN. The summed E-state index contributed by atoms with van der Waals surface area (Å²) in [5.74, 6) is 0. The zero-order valence-corrected chi connectivity index (χ0v) is 5.98. The number of rotatable bonds is 0. The molecule has 1 heterocycles. The first kappa shape index (κ1) is 8.56. The molecule has 1 saturated heterocycles. The molecule has 0 aliphatic carbocycles. The number of nitrogens with zero attached hydrogens (tertiary/aromatic N) is 1. The maximum absolute atomic E-state index is 2.39. The molecule has 0 radical (unpaired) electrons. The van der Waals surface area contributed by atoms with Gasteiger partial charge in [0, 0.05) is 0 Å². The first-order chi connectivity index (χ1) is 3.39. The topological polar surface area (TPSA) is 3.24 Å². The minimum absolute atomic E-state index is 0. The van der Waals surface area contributed by atoms with E-state index in [9.17, 15) is 0 Å². The summed E-state index contributed by atoms with van der Waals surface area (Å²) in [4.78, 5) is 2.39. The van der Waals surface area contributed by atoms with Crippen molar-refractivity contribution in [2.75, 3.05) is 20.1 Å². The Kier molecular flexibility index (Phi) is 4.75. The molecule has 0 unspecified atom stereocenters. The van der Waals surface area contributed by atoms with Gasteiger partial charge >= 0.3 is 18.9 Å². The average molecular weight is 107 g/mol. The van der Waals surface area contributed by atoms with Crippen LogP contribution in [-0.4, -0.2) is 25.0 Å². The van der Waals surface area contributed by atoms with Crippen LogP contribution in [0, 0.1) is 0 Å². The quantitative estimate of drug-likeness (QED) is 0.331. The van der Waals surface area contributed by atoms with Crippen LogP contribution < -0.4 is 18.9 Å². The molecule has 0 amide bonds. The second-order valence-electron chi connectivity index (χ2n) is 2.36. The molecule has 1 aliphatic rings. The maximum Gasteiger partial charge on any atom is 1.00 e. The number of piperidine rings is 1. The molecule has 8 heavy (non-hydrogen) atoms. The smallest absolute Gasteiger partial charge is 1.00 e. The van der Waals surface area contributed by atoms with Crippen molar-refractivity contribution in [1.82, 2.24) is 4.90 Å². The van der Waals surface area contributed by atoms with E-state index in [1.807, 2.05) is 0 Å². The van der Waals surface area contributed by atoms with E-state index in [2.05, 4.69) is 11.9 Å². The fourth-order valence-electron chi connectivity index (χ4n) is 1.05. The molecule has 0 N–H and O–H groups in total. The van der Waals surface area contributed by atoms with Gasteiger partial charge in [-0.2, -0.15) is 0 Å². The monoisotopic (exact) mass is 107 g/mol. The van der Waals surface area contributed by atoms with Gasteiger partial charge in [0.25, 0.3) is 0 Å². The van der Waals surface area contributed by atoms with Crippen molar-refractivity contribution in [2.24, 2.45) is 0 Å². The summed E-state index contributed by atoms with van der Waals surface area (Å²) in [6.45, 7) is 2.64. The third-order valence-electron chi connectivity index (χ3n) is 1.58. The van der Waals surface area contributed by atoms with Gasteiger partial charge in [0.15, 0.2) is 0 Å². The largest absolute Gasteiger partial charge is 1.00 e. The van der Waals surface area contributed by atoms with Crippen molar-refractivity contribution >= 4 is 0 Å². The fourth-order valence-corrected chi connectivity index (χ4v) is 1.05. The fraction of sp³-hybridized carbons (Fsp3) is 1.00. The molecule has 1 nitrogen and oxygen atoms in total. The predicted octanol–water partition coefficient (Wildman–Crippen LogP) is -1.78. The van der Waals surface area contributed by atoms with E-state index in [-0.39, 0.29) is 20.3 Å². The van der Waals surface area contributed by atoms with Crippen LogP contribution in [0.25, 0.3) is 0 Å². The van der Waals surface area contributed by atoms with Gasteiger partial charge in [-0.1, -0.05) is 6.42 Å². The third kappa shape index (κ3) is 2.77. The molecule has 2 heteroatoms. The average Bonchev–Trinajstić information content (AvgIpc) is 1.69. The normalized spacial score (nSPS) is 22.1. The molecule has 0 saturated carbocycles. The molecule has 0 aromatic carbocycles. The summed E-state index contributed by atoms with van der Waals surface area (Å²) in [5.41, 5.74) is 0. The summed E-state index contributed by atoms with van der Waals surface area (Å²) >= 11 is 0. The van der Waals surface area contributed by atoms with Crippen LogP contribution in [-0.2, 0) is 0 Å². The van der Waals surface area contributed by atoms with Gasteiger partial charge in [-0.15, -0.1) is 0 Å². The maximum atomic E-state index is 2.39. The van der Waals surface area contributed by atoms with Crippen molar-refractivity contribution in [3.8, 4) is 0 Å². The molecule has 1 aliphatic heterocycles. The third-order valence-corrected chi connectivity index (χ3v) is 1.58. The van der Waals surface area contributed by atoms with Gasteiger partial charge in [0.2, 0.25) is 0 Å². The van der Waals surface area contributed by atoms with Crippen molar-refractivity contribution in [2.45, 2.75) is 19.3 Å². The Labute approximate surface area is 65.1 Å². The Bertz CT molecular complexity index is 55.0. The first-order valence-corrected chi connectivity index (χ1v) is 3.08. The Morgan fingerprint density at radius 3 is 1.88 bits per heavy atom. The van der Waals surface area contributed by atoms with Gasteiger partial charge in [0.05, 0.1) is 0 Å². The van der Waals surface area contributed by atoms with Crippen LogP contribution in [0.4, 0.5) is 0 Å². The first-order valence-electron chi connectivity index (χ1n) is 3.08. The van der Waals surface area contributed by atoms with Crippen LogP contribution in [0.3, 0.4) is 0 Å². The zero-order valence-electron chi connectivity index (χ0n) is 6.98. The zero-order chi connectivity index (χ0) is 5.11. The van der Waals surface area contributed by atoms with Crippen molar-refractivity contribution in [3.05, 3.63) is 0 Å². The van der Waals surface area contributed by atoms with E-state index >= 15 is 0 Å². The van der Waals surface area contributed by atoms with E-state index < -0.39 is 0 Å². The molecule has 0 bridgehead atoms. The Hall–Kier alpha value is 0.557. The van der Waals surface area contributed by atoms with E-state index in [0.717, 1.165) is 0 Å². The van der Waals surface area contributed by atoms with Crippen LogP contribution in [0.1, 0.15) is 20.7 Å². The molecule has 0 aromatic heterocycles. The van der Waals surface area contributed by atoms with E-state index in [1.165, 1.54) is 32.4 Å². The Morgan fingerprint density at radius 2 is 1.62 bits per heavy atom. The standard InChI is InChI=1S/C6H13N.Li.H/c1-7-5-3-2-4-6-7;;/h2-6H2,1H3;;/q;+1;-1. The van der Waals surface area contributed by atoms with Gasteiger partial charge in [-0.05, 0) is 33.0 Å². The number of likely N-dealkylation sites (tertiary alicyclic amines) is 1. The van der Waals surface area contributed by atoms with Crippen molar-refractivity contribution in [1.29, 1.82) is 0 Å². The van der Waals surface area contributed by atoms with Crippen molar-refractivity contribution in [3.63, 3.8) is 0 Å².